The van der Waals surface area contributed by atoms with Crippen LogP contribution < -0.4 is 15.8 Å². The van der Waals surface area contributed by atoms with E-state index in [4.69, 9.17) is 10.5 Å². The first-order chi connectivity index (χ1) is 9.10. The molecule has 1 saturated carbocycles. The summed E-state index contributed by atoms with van der Waals surface area (Å²) in [5.74, 6) is 0.234. The van der Waals surface area contributed by atoms with E-state index < -0.39 is 5.54 Å². The van der Waals surface area contributed by atoms with Gasteiger partial charge in [0.25, 0.3) is 5.91 Å². The van der Waals surface area contributed by atoms with Crippen LogP contribution >= 0.6 is 0 Å². The van der Waals surface area contributed by atoms with Crippen molar-refractivity contribution in [1.82, 2.24) is 5.32 Å². The molecule has 1 amide bonds. The van der Waals surface area contributed by atoms with E-state index in [0.717, 1.165) is 25.7 Å². The number of hydrogen-bond donors (Lipinski definition) is 3. The highest BCUT2D eigenvalue weighted by molar-refractivity contribution is 5.98. The lowest BCUT2D eigenvalue weighted by Crippen LogP contribution is -2.49. The zero-order valence-electron chi connectivity index (χ0n) is 11.1. The first kappa shape index (κ1) is 13.7. The Kier molecular flexibility index (Phi) is 3.95. The molecular formula is C14H20N2O3. The number of aliphatic hydroxyl groups is 1. The van der Waals surface area contributed by atoms with Gasteiger partial charge in [0, 0.05) is 5.69 Å². The minimum atomic E-state index is -0.493. The molecule has 104 valence electrons. The van der Waals surface area contributed by atoms with Gasteiger partial charge in [-0.1, -0.05) is 12.8 Å². The molecule has 19 heavy (non-hydrogen) atoms. The van der Waals surface area contributed by atoms with Crippen LogP contribution in [0.25, 0.3) is 0 Å². The molecule has 0 saturated heterocycles. The molecule has 0 unspecified atom stereocenters. The largest absolute Gasteiger partial charge is 0.496 e. The smallest absolute Gasteiger partial charge is 0.255 e. The van der Waals surface area contributed by atoms with E-state index >= 15 is 0 Å². The predicted molar refractivity (Wildman–Crippen MR) is 73.2 cm³/mol. The van der Waals surface area contributed by atoms with Gasteiger partial charge in [-0.05, 0) is 31.0 Å². The first-order valence-corrected chi connectivity index (χ1v) is 6.47. The quantitative estimate of drug-likeness (QED) is 0.716. The minimum Gasteiger partial charge on any atom is -0.496 e. The number of aliphatic hydroxyl groups excluding tert-OH is 1. The zero-order chi connectivity index (χ0) is 13.9. The number of hydrogen-bond acceptors (Lipinski definition) is 4. The van der Waals surface area contributed by atoms with E-state index in [0.29, 0.717) is 17.0 Å². The van der Waals surface area contributed by atoms with Crippen LogP contribution in [0, 0.1) is 0 Å². The van der Waals surface area contributed by atoms with E-state index in [1.807, 2.05) is 0 Å². The van der Waals surface area contributed by atoms with Crippen LogP contribution in [-0.2, 0) is 0 Å². The lowest BCUT2D eigenvalue weighted by atomic mass is 9.98. The number of carbonyl (C=O) groups excluding carboxylic acids is 1. The topological polar surface area (TPSA) is 84.6 Å². The van der Waals surface area contributed by atoms with Crippen LogP contribution in [0.1, 0.15) is 36.0 Å². The number of ether oxygens (including phenoxy) is 1. The molecule has 1 fully saturated rings. The molecule has 1 aliphatic carbocycles. The number of amides is 1. The van der Waals surface area contributed by atoms with Gasteiger partial charge >= 0.3 is 0 Å². The molecular weight excluding hydrogens is 244 g/mol. The maximum absolute atomic E-state index is 12.3. The van der Waals surface area contributed by atoms with Crippen molar-refractivity contribution in [2.24, 2.45) is 0 Å². The Morgan fingerprint density at radius 2 is 2.16 bits per heavy atom. The summed E-state index contributed by atoms with van der Waals surface area (Å²) in [6.45, 7) is -0.0383. The molecule has 0 spiro atoms. The van der Waals surface area contributed by atoms with E-state index in [1.54, 1.807) is 18.2 Å². The Balaban J connectivity index is 2.22. The molecule has 1 aromatic rings. The van der Waals surface area contributed by atoms with Gasteiger partial charge in [-0.25, -0.2) is 0 Å². The Bertz CT molecular complexity index is 468. The SMILES string of the molecule is COc1ccc(N)cc1C(=O)NC1(CO)CCCC1. The van der Waals surface area contributed by atoms with Crippen molar-refractivity contribution in [2.75, 3.05) is 19.5 Å². The van der Waals surface area contributed by atoms with Crippen molar-refractivity contribution in [3.8, 4) is 5.75 Å². The molecule has 0 bridgehead atoms. The lowest BCUT2D eigenvalue weighted by Gasteiger charge is -2.28. The molecule has 0 aliphatic heterocycles. The van der Waals surface area contributed by atoms with E-state index in [2.05, 4.69) is 5.32 Å². The van der Waals surface area contributed by atoms with Gasteiger partial charge in [-0.3, -0.25) is 4.79 Å². The molecule has 1 aromatic carbocycles. The molecule has 5 heteroatoms. The molecule has 5 nitrogen and oxygen atoms in total. The fraction of sp³-hybridized carbons (Fsp3) is 0.500. The summed E-state index contributed by atoms with van der Waals surface area (Å²) in [5, 5.41) is 12.5. The Morgan fingerprint density at radius 1 is 1.47 bits per heavy atom. The molecule has 0 atom stereocenters. The number of rotatable bonds is 4. The van der Waals surface area contributed by atoms with Crippen molar-refractivity contribution in [3.63, 3.8) is 0 Å². The monoisotopic (exact) mass is 264 g/mol. The van der Waals surface area contributed by atoms with Gasteiger partial charge in [0.05, 0.1) is 24.8 Å². The third kappa shape index (κ3) is 2.81. The summed E-state index contributed by atoms with van der Waals surface area (Å²) >= 11 is 0. The molecule has 4 N–H and O–H groups in total. The molecule has 0 radical (unpaired) electrons. The highest BCUT2D eigenvalue weighted by Crippen LogP contribution is 2.30. The fourth-order valence-corrected chi connectivity index (χ4v) is 2.59. The average Bonchev–Trinajstić information content (AvgIpc) is 2.87. The summed E-state index contributed by atoms with van der Waals surface area (Å²) < 4.78 is 5.17. The van der Waals surface area contributed by atoms with Crippen LogP contribution in [0.15, 0.2) is 18.2 Å². The van der Waals surface area contributed by atoms with Crippen molar-refractivity contribution >= 4 is 11.6 Å². The number of nitrogens with two attached hydrogens (primary N) is 1. The Hall–Kier alpha value is -1.75. The van der Waals surface area contributed by atoms with Crippen molar-refractivity contribution in [3.05, 3.63) is 23.8 Å². The summed E-state index contributed by atoms with van der Waals surface area (Å²) in [4.78, 5) is 12.3. The molecule has 0 aromatic heterocycles. The van der Waals surface area contributed by atoms with Crippen LogP contribution in [0.5, 0.6) is 5.75 Å². The maximum Gasteiger partial charge on any atom is 0.255 e. The third-order valence-corrected chi connectivity index (χ3v) is 3.71. The van der Waals surface area contributed by atoms with Crippen LogP contribution in [0.2, 0.25) is 0 Å². The molecule has 0 heterocycles. The Labute approximate surface area is 112 Å². The van der Waals surface area contributed by atoms with E-state index in [9.17, 15) is 9.90 Å². The van der Waals surface area contributed by atoms with Gasteiger partial charge < -0.3 is 20.9 Å². The molecule has 1 aliphatic rings. The second-order valence-electron chi connectivity index (χ2n) is 5.06. The summed E-state index contributed by atoms with van der Waals surface area (Å²) in [5.41, 5.74) is 6.13. The average molecular weight is 264 g/mol. The Morgan fingerprint density at radius 3 is 2.74 bits per heavy atom. The number of methoxy groups -OCH3 is 1. The summed E-state index contributed by atoms with van der Waals surface area (Å²) in [7, 11) is 1.51. The van der Waals surface area contributed by atoms with Crippen LogP contribution in [0.3, 0.4) is 0 Å². The van der Waals surface area contributed by atoms with E-state index in [1.165, 1.54) is 7.11 Å². The standard InChI is InChI=1S/C14H20N2O3/c1-19-12-5-4-10(15)8-11(12)13(18)16-14(9-17)6-2-3-7-14/h4-5,8,17H,2-3,6-7,9,15H2,1H3,(H,16,18). The second-order valence-corrected chi connectivity index (χ2v) is 5.06. The van der Waals surface area contributed by atoms with Gasteiger partial charge in [0.15, 0.2) is 0 Å². The van der Waals surface area contributed by atoms with Crippen molar-refractivity contribution in [2.45, 2.75) is 31.2 Å². The van der Waals surface area contributed by atoms with Gasteiger partial charge in [-0.2, -0.15) is 0 Å². The highest BCUT2D eigenvalue weighted by Gasteiger charge is 2.35. The van der Waals surface area contributed by atoms with E-state index in [-0.39, 0.29) is 12.5 Å². The zero-order valence-corrected chi connectivity index (χ0v) is 11.1. The number of benzene rings is 1. The predicted octanol–water partition coefficient (Wildman–Crippen LogP) is 1.31. The van der Waals surface area contributed by atoms with Crippen molar-refractivity contribution in [1.29, 1.82) is 0 Å². The summed E-state index contributed by atoms with van der Waals surface area (Å²) in [6, 6.07) is 4.95. The van der Waals surface area contributed by atoms with Gasteiger partial charge in [0.2, 0.25) is 0 Å². The minimum absolute atomic E-state index is 0.0383. The van der Waals surface area contributed by atoms with Crippen LogP contribution in [-0.4, -0.2) is 30.3 Å². The second kappa shape index (κ2) is 5.48. The molecule has 2 rings (SSSR count). The summed E-state index contributed by atoms with van der Waals surface area (Å²) in [6.07, 6.45) is 3.66. The first-order valence-electron chi connectivity index (χ1n) is 6.47. The highest BCUT2D eigenvalue weighted by atomic mass is 16.5. The third-order valence-electron chi connectivity index (χ3n) is 3.71. The van der Waals surface area contributed by atoms with Crippen molar-refractivity contribution < 1.29 is 14.6 Å². The lowest BCUT2D eigenvalue weighted by molar-refractivity contribution is 0.0835. The van der Waals surface area contributed by atoms with Gasteiger partial charge in [-0.15, -0.1) is 0 Å². The van der Waals surface area contributed by atoms with Gasteiger partial charge in [0.1, 0.15) is 5.75 Å². The normalized spacial score (nSPS) is 17.2. The maximum atomic E-state index is 12.3. The fourth-order valence-electron chi connectivity index (χ4n) is 2.59. The number of nitrogen functional groups attached to an aromatic ring is 1. The number of anilines is 1. The number of carbonyl (C=O) groups is 1. The van der Waals surface area contributed by atoms with Crippen LogP contribution in [0.4, 0.5) is 5.69 Å². The number of nitrogens with one attached hydrogen (secondary N) is 1.